The van der Waals surface area contributed by atoms with Gasteiger partial charge in [-0.05, 0) is 32.6 Å². The highest BCUT2D eigenvalue weighted by molar-refractivity contribution is 5.78. The summed E-state index contributed by atoms with van der Waals surface area (Å²) in [4.78, 5) is 22.7. The Bertz CT molecular complexity index is 298. The largest absolute Gasteiger partial charge is 0.481 e. The van der Waals surface area contributed by atoms with Crippen LogP contribution in [0.3, 0.4) is 0 Å². The smallest absolute Gasteiger partial charge is 0.306 e. The molecular formula is C15H27NO3. The van der Waals surface area contributed by atoms with Crippen molar-refractivity contribution in [3.63, 3.8) is 0 Å². The lowest BCUT2D eigenvalue weighted by atomic mass is 9.88. The Morgan fingerprint density at radius 2 is 1.79 bits per heavy atom. The minimum absolute atomic E-state index is 0.149. The number of carboxylic acid groups (broad SMARTS) is 1. The SMILES string of the molecule is CC(CCCC(C)C(=O)O)NC(=O)C1CCCCC1. The van der Waals surface area contributed by atoms with E-state index in [1.807, 2.05) is 6.92 Å². The zero-order valence-corrected chi connectivity index (χ0v) is 12.2. The third kappa shape index (κ3) is 6.08. The fourth-order valence-corrected chi connectivity index (χ4v) is 2.65. The number of hydrogen-bond donors (Lipinski definition) is 2. The number of carbonyl (C=O) groups is 2. The number of rotatable bonds is 7. The molecule has 0 radical (unpaired) electrons. The van der Waals surface area contributed by atoms with Crippen LogP contribution in [-0.2, 0) is 9.59 Å². The highest BCUT2D eigenvalue weighted by atomic mass is 16.4. The van der Waals surface area contributed by atoms with Gasteiger partial charge in [-0.15, -0.1) is 0 Å². The molecule has 2 unspecified atom stereocenters. The number of carbonyl (C=O) groups excluding carboxylic acids is 1. The molecular weight excluding hydrogens is 242 g/mol. The first-order chi connectivity index (χ1) is 9.00. The fraction of sp³-hybridized carbons (Fsp3) is 0.867. The van der Waals surface area contributed by atoms with Gasteiger partial charge >= 0.3 is 5.97 Å². The van der Waals surface area contributed by atoms with Crippen LogP contribution in [-0.4, -0.2) is 23.0 Å². The Morgan fingerprint density at radius 3 is 2.37 bits per heavy atom. The molecule has 0 heterocycles. The van der Waals surface area contributed by atoms with Crippen molar-refractivity contribution >= 4 is 11.9 Å². The quantitative estimate of drug-likeness (QED) is 0.746. The van der Waals surface area contributed by atoms with Gasteiger partial charge < -0.3 is 10.4 Å². The molecule has 4 heteroatoms. The molecule has 1 aliphatic rings. The standard InChI is InChI=1S/C15H27NO3/c1-11(15(18)19)7-6-8-12(2)16-14(17)13-9-4-3-5-10-13/h11-13H,3-10H2,1-2H3,(H,16,17)(H,18,19). The predicted molar refractivity (Wildman–Crippen MR) is 74.8 cm³/mol. The molecule has 0 aromatic heterocycles. The molecule has 0 aromatic carbocycles. The van der Waals surface area contributed by atoms with E-state index >= 15 is 0 Å². The third-order valence-electron chi connectivity index (χ3n) is 4.06. The first-order valence-corrected chi connectivity index (χ1v) is 7.54. The molecule has 0 bridgehead atoms. The van der Waals surface area contributed by atoms with Crippen molar-refractivity contribution in [1.82, 2.24) is 5.32 Å². The summed E-state index contributed by atoms with van der Waals surface area (Å²) in [7, 11) is 0. The molecule has 19 heavy (non-hydrogen) atoms. The zero-order chi connectivity index (χ0) is 14.3. The molecule has 2 atom stereocenters. The van der Waals surface area contributed by atoms with Crippen LogP contribution >= 0.6 is 0 Å². The van der Waals surface area contributed by atoms with Gasteiger partial charge in [0.25, 0.3) is 0 Å². The van der Waals surface area contributed by atoms with Gasteiger partial charge in [0, 0.05) is 12.0 Å². The maximum Gasteiger partial charge on any atom is 0.306 e. The predicted octanol–water partition coefficient (Wildman–Crippen LogP) is 2.96. The van der Waals surface area contributed by atoms with Crippen LogP contribution in [0.1, 0.15) is 65.2 Å². The van der Waals surface area contributed by atoms with Gasteiger partial charge in [-0.2, -0.15) is 0 Å². The maximum atomic E-state index is 12.0. The average Bonchev–Trinajstić information content (AvgIpc) is 2.39. The summed E-state index contributed by atoms with van der Waals surface area (Å²) >= 11 is 0. The Hall–Kier alpha value is -1.06. The molecule has 0 saturated heterocycles. The van der Waals surface area contributed by atoms with Crippen molar-refractivity contribution in [2.75, 3.05) is 0 Å². The normalized spacial score (nSPS) is 19.7. The zero-order valence-electron chi connectivity index (χ0n) is 12.2. The van der Waals surface area contributed by atoms with E-state index in [0.29, 0.717) is 6.42 Å². The fourth-order valence-electron chi connectivity index (χ4n) is 2.65. The van der Waals surface area contributed by atoms with Gasteiger partial charge in [0.15, 0.2) is 0 Å². The summed E-state index contributed by atoms with van der Waals surface area (Å²) in [6.45, 7) is 3.74. The Kier molecular flexibility index (Phi) is 6.89. The summed E-state index contributed by atoms with van der Waals surface area (Å²) in [5, 5.41) is 11.9. The lowest BCUT2D eigenvalue weighted by Crippen LogP contribution is -2.38. The van der Waals surface area contributed by atoms with Crippen LogP contribution < -0.4 is 5.32 Å². The van der Waals surface area contributed by atoms with Gasteiger partial charge in [-0.25, -0.2) is 0 Å². The minimum Gasteiger partial charge on any atom is -0.481 e. The van der Waals surface area contributed by atoms with Crippen LogP contribution in [0.15, 0.2) is 0 Å². The Morgan fingerprint density at radius 1 is 1.16 bits per heavy atom. The molecule has 110 valence electrons. The van der Waals surface area contributed by atoms with Gasteiger partial charge in [-0.1, -0.05) is 32.6 Å². The molecule has 0 aliphatic heterocycles. The van der Waals surface area contributed by atoms with Gasteiger partial charge in [0.05, 0.1) is 5.92 Å². The van der Waals surface area contributed by atoms with E-state index in [1.54, 1.807) is 6.92 Å². The molecule has 1 aliphatic carbocycles. The van der Waals surface area contributed by atoms with E-state index in [9.17, 15) is 9.59 Å². The maximum absolute atomic E-state index is 12.0. The topological polar surface area (TPSA) is 66.4 Å². The first-order valence-electron chi connectivity index (χ1n) is 7.54. The summed E-state index contributed by atoms with van der Waals surface area (Å²) in [5.41, 5.74) is 0. The molecule has 1 saturated carbocycles. The van der Waals surface area contributed by atoms with E-state index in [2.05, 4.69) is 5.32 Å². The molecule has 1 amide bonds. The van der Waals surface area contributed by atoms with Crippen LogP contribution in [0, 0.1) is 11.8 Å². The molecule has 1 rings (SSSR count). The number of nitrogens with one attached hydrogen (secondary N) is 1. The molecule has 0 spiro atoms. The monoisotopic (exact) mass is 269 g/mol. The Balaban J connectivity index is 2.17. The van der Waals surface area contributed by atoms with Crippen molar-refractivity contribution in [3.05, 3.63) is 0 Å². The lowest BCUT2D eigenvalue weighted by molar-refractivity contribution is -0.141. The van der Waals surface area contributed by atoms with Crippen molar-refractivity contribution in [2.24, 2.45) is 11.8 Å². The molecule has 4 nitrogen and oxygen atoms in total. The van der Waals surface area contributed by atoms with Gasteiger partial charge in [-0.3, -0.25) is 9.59 Å². The first kappa shape index (κ1) is 16.0. The Labute approximate surface area is 116 Å². The second kappa shape index (κ2) is 8.18. The third-order valence-corrected chi connectivity index (χ3v) is 4.06. The van der Waals surface area contributed by atoms with E-state index in [1.165, 1.54) is 19.3 Å². The van der Waals surface area contributed by atoms with Gasteiger partial charge in [0.1, 0.15) is 0 Å². The van der Waals surface area contributed by atoms with Crippen LogP contribution in [0.2, 0.25) is 0 Å². The molecule has 1 fully saturated rings. The van der Waals surface area contributed by atoms with Crippen LogP contribution in [0.5, 0.6) is 0 Å². The molecule has 2 N–H and O–H groups in total. The number of carboxylic acids is 1. The van der Waals surface area contributed by atoms with E-state index in [-0.39, 0.29) is 23.8 Å². The molecule has 0 aromatic rings. The summed E-state index contributed by atoms with van der Waals surface area (Å²) in [6.07, 6.45) is 8.02. The minimum atomic E-state index is -0.737. The van der Waals surface area contributed by atoms with Crippen molar-refractivity contribution in [1.29, 1.82) is 0 Å². The number of hydrogen-bond acceptors (Lipinski definition) is 2. The lowest BCUT2D eigenvalue weighted by Gasteiger charge is -2.23. The van der Waals surface area contributed by atoms with Crippen molar-refractivity contribution in [3.8, 4) is 0 Å². The van der Waals surface area contributed by atoms with Crippen LogP contribution in [0.25, 0.3) is 0 Å². The van der Waals surface area contributed by atoms with E-state index in [4.69, 9.17) is 5.11 Å². The highest BCUT2D eigenvalue weighted by Crippen LogP contribution is 2.23. The van der Waals surface area contributed by atoms with Gasteiger partial charge in [0.2, 0.25) is 5.91 Å². The van der Waals surface area contributed by atoms with Crippen molar-refractivity contribution < 1.29 is 14.7 Å². The number of aliphatic carboxylic acids is 1. The highest BCUT2D eigenvalue weighted by Gasteiger charge is 2.22. The van der Waals surface area contributed by atoms with E-state index in [0.717, 1.165) is 25.7 Å². The summed E-state index contributed by atoms with van der Waals surface area (Å²) in [5.74, 6) is -0.632. The van der Waals surface area contributed by atoms with E-state index < -0.39 is 5.97 Å². The second-order valence-corrected chi connectivity index (χ2v) is 5.91. The second-order valence-electron chi connectivity index (χ2n) is 5.91. The summed E-state index contributed by atoms with van der Waals surface area (Å²) < 4.78 is 0. The summed E-state index contributed by atoms with van der Waals surface area (Å²) in [6, 6.07) is 0.149. The van der Waals surface area contributed by atoms with Crippen molar-refractivity contribution in [2.45, 2.75) is 71.3 Å². The number of amides is 1. The average molecular weight is 269 g/mol. The van der Waals surface area contributed by atoms with Crippen LogP contribution in [0.4, 0.5) is 0 Å².